The molecule has 0 amide bonds. The van der Waals surface area contributed by atoms with Crippen molar-refractivity contribution in [2.75, 3.05) is 25.6 Å². The van der Waals surface area contributed by atoms with E-state index in [9.17, 15) is 20.1 Å². The first-order chi connectivity index (χ1) is 9.55. The van der Waals surface area contributed by atoms with E-state index in [1.807, 2.05) is 0 Å². The molecule has 2 aromatic heterocycles. The van der Waals surface area contributed by atoms with Gasteiger partial charge in [-0.3, -0.25) is 9.78 Å². The van der Waals surface area contributed by atoms with Crippen molar-refractivity contribution in [2.24, 2.45) is 5.41 Å². The van der Waals surface area contributed by atoms with Gasteiger partial charge in [0, 0.05) is 12.0 Å². The number of imidazole rings is 1. The summed E-state index contributed by atoms with van der Waals surface area (Å²) in [5.74, 6) is -0.0120. The predicted molar refractivity (Wildman–Crippen MR) is 72.0 cm³/mol. The fourth-order valence-electron chi connectivity index (χ4n) is 1.88. The SMILES string of the molecule is Nc1nc2c(ncn2CCC(CO)(CO)CO)c(=O)[nH]1.[H-].[Na+]. The Balaban J connectivity index is 0.00000220. The number of aryl methyl sites for hydroxylation is 1. The Hall–Kier alpha value is -0.970. The van der Waals surface area contributed by atoms with Crippen LogP contribution in [0, 0.1) is 5.41 Å². The number of aromatic nitrogens is 4. The molecule has 0 fully saturated rings. The van der Waals surface area contributed by atoms with Crippen LogP contribution < -0.4 is 40.9 Å². The molecule has 0 aliphatic rings. The molecule has 6 N–H and O–H groups in total. The fourth-order valence-corrected chi connectivity index (χ4v) is 1.88. The van der Waals surface area contributed by atoms with Crippen molar-refractivity contribution in [3.05, 3.63) is 16.7 Å². The van der Waals surface area contributed by atoms with Gasteiger partial charge >= 0.3 is 29.6 Å². The Kier molecular flexibility index (Phi) is 6.32. The maximum atomic E-state index is 11.6. The summed E-state index contributed by atoms with van der Waals surface area (Å²) in [4.78, 5) is 21.9. The van der Waals surface area contributed by atoms with E-state index in [4.69, 9.17) is 5.73 Å². The molecule has 0 aromatic carbocycles. The van der Waals surface area contributed by atoms with Crippen LogP contribution in [0.15, 0.2) is 11.1 Å². The number of aliphatic hydroxyl groups is 3. The molecule has 0 radical (unpaired) electrons. The van der Waals surface area contributed by atoms with E-state index in [1.54, 1.807) is 4.57 Å². The predicted octanol–water partition coefficient (Wildman–Crippen LogP) is -4.83. The van der Waals surface area contributed by atoms with Crippen LogP contribution in [0.2, 0.25) is 0 Å². The molecule has 0 bridgehead atoms. The Morgan fingerprint density at radius 1 is 1.33 bits per heavy atom. The van der Waals surface area contributed by atoms with Gasteiger partial charge in [-0.2, -0.15) is 4.98 Å². The normalized spacial score (nSPS) is 11.6. The number of nitrogens with one attached hydrogen (secondary N) is 1. The minimum Gasteiger partial charge on any atom is -1.00 e. The van der Waals surface area contributed by atoms with Crippen LogP contribution in [-0.2, 0) is 6.54 Å². The molecule has 9 nitrogen and oxygen atoms in total. The van der Waals surface area contributed by atoms with Gasteiger partial charge < -0.3 is 27.0 Å². The second kappa shape index (κ2) is 7.34. The molecule has 0 aliphatic heterocycles. The molecular formula is C11H18N5NaO4. The Morgan fingerprint density at radius 2 is 1.95 bits per heavy atom. The van der Waals surface area contributed by atoms with E-state index in [0.717, 1.165) is 0 Å². The number of nitrogen functional groups attached to an aromatic ring is 1. The monoisotopic (exact) mass is 307 g/mol. The largest absolute Gasteiger partial charge is 1.00 e. The van der Waals surface area contributed by atoms with Gasteiger partial charge in [-0.1, -0.05) is 0 Å². The number of hydrogen-bond acceptors (Lipinski definition) is 7. The van der Waals surface area contributed by atoms with Crippen molar-refractivity contribution < 1.29 is 46.3 Å². The molecule has 21 heavy (non-hydrogen) atoms. The van der Waals surface area contributed by atoms with Gasteiger partial charge in [-0.25, -0.2) is 4.98 Å². The summed E-state index contributed by atoms with van der Waals surface area (Å²) >= 11 is 0. The van der Waals surface area contributed by atoms with Gasteiger partial charge in [-0.15, -0.1) is 0 Å². The number of H-pyrrole nitrogens is 1. The summed E-state index contributed by atoms with van der Waals surface area (Å²) in [6, 6.07) is 0. The number of nitrogens with two attached hydrogens (primary N) is 1. The Labute approximate surface area is 143 Å². The molecule has 10 heteroatoms. The van der Waals surface area contributed by atoms with Crippen molar-refractivity contribution in [3.8, 4) is 0 Å². The fraction of sp³-hybridized carbons (Fsp3) is 0.545. The third-order valence-corrected chi connectivity index (χ3v) is 3.38. The minimum absolute atomic E-state index is 0. The molecule has 112 valence electrons. The average molecular weight is 307 g/mol. The van der Waals surface area contributed by atoms with Crippen LogP contribution in [0.25, 0.3) is 11.2 Å². The van der Waals surface area contributed by atoms with E-state index in [-0.39, 0.29) is 62.3 Å². The molecule has 2 aromatic rings. The van der Waals surface area contributed by atoms with Gasteiger partial charge in [0.05, 0.1) is 26.1 Å². The number of anilines is 1. The third-order valence-electron chi connectivity index (χ3n) is 3.38. The van der Waals surface area contributed by atoms with Gasteiger partial charge in [-0.05, 0) is 6.42 Å². The van der Waals surface area contributed by atoms with Crippen LogP contribution in [-0.4, -0.2) is 54.7 Å². The van der Waals surface area contributed by atoms with E-state index < -0.39 is 11.0 Å². The van der Waals surface area contributed by atoms with Crippen LogP contribution in [0.4, 0.5) is 5.95 Å². The van der Waals surface area contributed by atoms with Crippen molar-refractivity contribution in [1.29, 1.82) is 0 Å². The number of aromatic amines is 1. The zero-order valence-electron chi connectivity index (χ0n) is 12.8. The minimum atomic E-state index is -0.983. The van der Waals surface area contributed by atoms with Crippen LogP contribution in [0.1, 0.15) is 7.85 Å². The standard InChI is InChI=1S/C11H17N5O4.Na.H/c12-10-14-8-7(9(20)15-10)13-6-16(8)2-1-11(3-17,4-18)5-19;;/h6,17-19H,1-5H2,(H3,12,14,15,20);;/q;+1;-1. The molecule has 0 aliphatic carbocycles. The van der Waals surface area contributed by atoms with Crippen molar-refractivity contribution >= 4 is 17.1 Å². The average Bonchev–Trinajstić information content (AvgIpc) is 2.84. The molecule has 2 rings (SSSR count). The summed E-state index contributed by atoms with van der Waals surface area (Å²) in [5.41, 5.74) is 4.57. The quantitative estimate of drug-likeness (QED) is 0.336. The van der Waals surface area contributed by atoms with Crippen molar-refractivity contribution in [2.45, 2.75) is 13.0 Å². The van der Waals surface area contributed by atoms with Crippen molar-refractivity contribution in [3.63, 3.8) is 0 Å². The maximum Gasteiger partial charge on any atom is 1.00 e. The van der Waals surface area contributed by atoms with Gasteiger partial charge in [0.25, 0.3) is 5.56 Å². The molecule has 2 heterocycles. The van der Waals surface area contributed by atoms with Crippen LogP contribution >= 0.6 is 0 Å². The van der Waals surface area contributed by atoms with E-state index in [0.29, 0.717) is 18.6 Å². The topological polar surface area (TPSA) is 150 Å². The van der Waals surface area contributed by atoms with E-state index >= 15 is 0 Å². The van der Waals surface area contributed by atoms with Crippen LogP contribution in [0.5, 0.6) is 0 Å². The van der Waals surface area contributed by atoms with Gasteiger partial charge in [0.2, 0.25) is 5.95 Å². The molecule has 0 unspecified atom stereocenters. The molecule has 0 saturated carbocycles. The molecular weight excluding hydrogens is 289 g/mol. The summed E-state index contributed by atoms with van der Waals surface area (Å²) in [7, 11) is 0. The zero-order chi connectivity index (χ0) is 14.8. The van der Waals surface area contributed by atoms with Gasteiger partial charge in [0.1, 0.15) is 0 Å². The first kappa shape index (κ1) is 18.1. The number of fused-ring (bicyclic) bond motifs is 1. The summed E-state index contributed by atoms with van der Waals surface area (Å²) in [5, 5.41) is 27.8. The maximum absolute atomic E-state index is 11.6. The van der Waals surface area contributed by atoms with E-state index in [2.05, 4.69) is 15.0 Å². The number of rotatable bonds is 6. The number of aliphatic hydroxyl groups excluding tert-OH is 3. The second-order valence-electron chi connectivity index (χ2n) is 4.79. The molecule has 0 spiro atoms. The molecule has 0 saturated heterocycles. The molecule has 0 atom stereocenters. The number of nitrogens with zero attached hydrogens (tertiary/aromatic N) is 3. The van der Waals surface area contributed by atoms with Crippen LogP contribution in [0.3, 0.4) is 0 Å². The summed E-state index contributed by atoms with van der Waals surface area (Å²) < 4.78 is 1.59. The third kappa shape index (κ3) is 3.62. The second-order valence-corrected chi connectivity index (χ2v) is 4.79. The summed E-state index contributed by atoms with van der Waals surface area (Å²) in [6.07, 6.45) is 1.74. The number of hydrogen-bond donors (Lipinski definition) is 5. The van der Waals surface area contributed by atoms with E-state index in [1.165, 1.54) is 6.33 Å². The Bertz CT molecular complexity index is 649. The first-order valence-electron chi connectivity index (χ1n) is 6.08. The summed E-state index contributed by atoms with van der Waals surface area (Å²) in [6.45, 7) is -0.706. The van der Waals surface area contributed by atoms with Crippen molar-refractivity contribution in [1.82, 2.24) is 19.5 Å². The zero-order valence-corrected chi connectivity index (χ0v) is 13.8. The van der Waals surface area contributed by atoms with Gasteiger partial charge in [0.15, 0.2) is 11.2 Å². The Morgan fingerprint density at radius 3 is 2.52 bits per heavy atom. The first-order valence-corrected chi connectivity index (χ1v) is 6.08. The smallest absolute Gasteiger partial charge is 1.00 e.